The van der Waals surface area contributed by atoms with Crippen LogP contribution in [0, 0.1) is 0 Å². The summed E-state index contributed by atoms with van der Waals surface area (Å²) in [7, 11) is 0. The molecule has 170 valence electrons. The van der Waals surface area contributed by atoms with Crippen molar-refractivity contribution >= 4 is 23.2 Å². The Morgan fingerprint density at radius 2 is 1.91 bits per heavy atom. The van der Waals surface area contributed by atoms with E-state index in [1.807, 2.05) is 36.6 Å². The number of fused-ring (bicyclic) bond motifs is 2. The molecule has 5 aromatic rings. The van der Waals surface area contributed by atoms with Gasteiger partial charge in [0.1, 0.15) is 6.54 Å². The summed E-state index contributed by atoms with van der Waals surface area (Å²) >= 11 is 1.67. The van der Waals surface area contributed by atoms with Gasteiger partial charge in [-0.1, -0.05) is 29.4 Å². The Hall–Kier alpha value is -3.92. The maximum atomic E-state index is 13.0. The standard InChI is InChI=1S/C24H21N7O2S/c1-34-19-8-6-17(7-9-19)21-26-20(33-28-21)15-31-24(32)30-13-11-25-22(23(30)27-31)29-12-10-16-4-2-3-5-18(16)14-29/h2-9,11,13H,10,12,14-15H2,1H3. The summed E-state index contributed by atoms with van der Waals surface area (Å²) in [6.07, 6.45) is 6.22. The van der Waals surface area contributed by atoms with Crippen molar-refractivity contribution in [3.63, 3.8) is 0 Å². The number of hydrogen-bond donors (Lipinski definition) is 0. The van der Waals surface area contributed by atoms with Crippen LogP contribution in [0.15, 0.2) is 75.1 Å². The predicted octanol–water partition coefficient (Wildman–Crippen LogP) is 3.27. The SMILES string of the molecule is CSc1ccc(-c2noc(Cn3nc4c(N5CCc6ccccc6C5)nccn4c3=O)n2)cc1. The molecule has 0 fully saturated rings. The Morgan fingerprint density at radius 1 is 1.09 bits per heavy atom. The summed E-state index contributed by atoms with van der Waals surface area (Å²) in [5, 5.41) is 8.65. The van der Waals surface area contributed by atoms with Crippen molar-refractivity contribution in [3.05, 3.63) is 88.4 Å². The largest absolute Gasteiger partial charge is 0.350 e. The number of nitrogens with zero attached hydrogens (tertiary/aromatic N) is 7. The minimum absolute atomic E-state index is 0.0820. The third kappa shape index (κ3) is 3.65. The molecule has 1 aliphatic heterocycles. The van der Waals surface area contributed by atoms with Crippen LogP contribution in [0.4, 0.5) is 5.82 Å². The van der Waals surface area contributed by atoms with E-state index in [1.54, 1.807) is 24.2 Å². The van der Waals surface area contributed by atoms with Crippen molar-refractivity contribution in [2.24, 2.45) is 0 Å². The molecule has 0 atom stereocenters. The Morgan fingerprint density at radius 3 is 2.74 bits per heavy atom. The number of aromatic nitrogens is 6. The van der Waals surface area contributed by atoms with Crippen LogP contribution in [0.5, 0.6) is 0 Å². The highest BCUT2D eigenvalue weighted by molar-refractivity contribution is 7.98. The second kappa shape index (κ2) is 8.45. The van der Waals surface area contributed by atoms with E-state index in [0.29, 0.717) is 23.2 Å². The lowest BCUT2D eigenvalue weighted by Crippen LogP contribution is -2.31. The molecule has 9 nitrogen and oxygen atoms in total. The minimum atomic E-state index is -0.278. The number of rotatable bonds is 5. The molecular weight excluding hydrogens is 450 g/mol. The summed E-state index contributed by atoms with van der Waals surface area (Å²) in [5.41, 5.74) is 3.71. The van der Waals surface area contributed by atoms with E-state index in [0.717, 1.165) is 30.0 Å². The van der Waals surface area contributed by atoms with E-state index in [-0.39, 0.29) is 12.2 Å². The summed E-state index contributed by atoms with van der Waals surface area (Å²) in [6.45, 7) is 1.62. The normalized spacial score (nSPS) is 13.4. The van der Waals surface area contributed by atoms with Gasteiger partial charge < -0.3 is 9.42 Å². The lowest BCUT2D eigenvalue weighted by Gasteiger charge is -2.29. The zero-order valence-corrected chi connectivity index (χ0v) is 19.3. The van der Waals surface area contributed by atoms with Gasteiger partial charge in [0.2, 0.25) is 17.4 Å². The molecule has 0 unspecified atom stereocenters. The van der Waals surface area contributed by atoms with Crippen molar-refractivity contribution in [1.29, 1.82) is 0 Å². The maximum Gasteiger partial charge on any atom is 0.350 e. The number of hydrogen-bond acceptors (Lipinski definition) is 8. The van der Waals surface area contributed by atoms with E-state index in [4.69, 9.17) is 4.52 Å². The van der Waals surface area contributed by atoms with Gasteiger partial charge in [0, 0.05) is 35.9 Å². The van der Waals surface area contributed by atoms with Crippen molar-refractivity contribution in [1.82, 2.24) is 29.3 Å². The van der Waals surface area contributed by atoms with Gasteiger partial charge in [0.15, 0.2) is 5.82 Å². The van der Waals surface area contributed by atoms with Crippen LogP contribution in [-0.4, -0.2) is 42.1 Å². The first kappa shape index (κ1) is 20.7. The Balaban J connectivity index is 1.29. The molecule has 2 aromatic carbocycles. The highest BCUT2D eigenvalue weighted by Crippen LogP contribution is 2.25. The molecule has 0 saturated heterocycles. The molecule has 4 heterocycles. The molecule has 0 bridgehead atoms. The fourth-order valence-electron chi connectivity index (χ4n) is 4.24. The molecule has 6 rings (SSSR count). The van der Waals surface area contributed by atoms with E-state index >= 15 is 0 Å². The van der Waals surface area contributed by atoms with Gasteiger partial charge in [-0.3, -0.25) is 0 Å². The highest BCUT2D eigenvalue weighted by Gasteiger charge is 2.22. The lowest BCUT2D eigenvalue weighted by molar-refractivity contribution is 0.364. The van der Waals surface area contributed by atoms with Crippen molar-refractivity contribution in [2.45, 2.75) is 24.4 Å². The molecule has 0 radical (unpaired) electrons. The fraction of sp³-hybridized carbons (Fsp3) is 0.208. The number of thioether (sulfide) groups is 1. The molecule has 0 spiro atoms. The molecule has 0 N–H and O–H groups in total. The molecular formula is C24H21N7O2S. The second-order valence-electron chi connectivity index (χ2n) is 8.07. The monoisotopic (exact) mass is 471 g/mol. The van der Waals surface area contributed by atoms with E-state index < -0.39 is 0 Å². The first-order valence-electron chi connectivity index (χ1n) is 10.9. The summed E-state index contributed by atoms with van der Waals surface area (Å²) < 4.78 is 8.27. The maximum absolute atomic E-state index is 13.0. The topological polar surface area (TPSA) is 94.4 Å². The van der Waals surface area contributed by atoms with Crippen molar-refractivity contribution in [3.8, 4) is 11.4 Å². The van der Waals surface area contributed by atoms with Gasteiger partial charge in [0.25, 0.3) is 0 Å². The Bertz CT molecular complexity index is 1540. The van der Waals surface area contributed by atoms with Crippen molar-refractivity contribution < 1.29 is 4.52 Å². The molecule has 3 aromatic heterocycles. The van der Waals surface area contributed by atoms with E-state index in [1.165, 1.54) is 20.2 Å². The van der Waals surface area contributed by atoms with E-state index in [9.17, 15) is 4.79 Å². The molecule has 10 heteroatoms. The van der Waals surface area contributed by atoms with Gasteiger partial charge in [-0.15, -0.1) is 16.9 Å². The number of benzene rings is 2. The Kier molecular flexibility index (Phi) is 5.14. The van der Waals surface area contributed by atoms with Crippen LogP contribution in [-0.2, 0) is 19.5 Å². The lowest BCUT2D eigenvalue weighted by atomic mass is 10.00. The van der Waals surface area contributed by atoms with Gasteiger partial charge in [-0.25, -0.2) is 18.9 Å². The minimum Gasteiger partial charge on any atom is -0.349 e. The van der Waals surface area contributed by atoms with Crippen LogP contribution >= 0.6 is 11.8 Å². The number of anilines is 1. The first-order valence-corrected chi connectivity index (χ1v) is 12.1. The van der Waals surface area contributed by atoms with E-state index in [2.05, 4.69) is 43.3 Å². The van der Waals surface area contributed by atoms with Gasteiger partial charge in [-0.05, 0) is 48.1 Å². The van der Waals surface area contributed by atoms with Crippen LogP contribution in [0.3, 0.4) is 0 Å². The molecule has 0 saturated carbocycles. The molecule has 0 amide bonds. The summed E-state index contributed by atoms with van der Waals surface area (Å²) in [5.74, 6) is 1.48. The smallest absolute Gasteiger partial charge is 0.349 e. The quantitative estimate of drug-likeness (QED) is 0.361. The second-order valence-corrected chi connectivity index (χ2v) is 8.94. The summed E-state index contributed by atoms with van der Waals surface area (Å²) in [4.78, 5) is 25.4. The zero-order valence-electron chi connectivity index (χ0n) is 18.5. The predicted molar refractivity (Wildman–Crippen MR) is 129 cm³/mol. The Labute approximate surface area is 199 Å². The van der Waals surface area contributed by atoms with Crippen LogP contribution in [0.1, 0.15) is 17.0 Å². The van der Waals surface area contributed by atoms with Crippen LogP contribution < -0.4 is 10.6 Å². The average molecular weight is 472 g/mol. The first-order chi connectivity index (χ1) is 16.7. The third-order valence-electron chi connectivity index (χ3n) is 6.01. The zero-order chi connectivity index (χ0) is 23.1. The average Bonchev–Trinajstić information content (AvgIpc) is 3.48. The van der Waals surface area contributed by atoms with Gasteiger partial charge in [0.05, 0.1) is 0 Å². The molecule has 34 heavy (non-hydrogen) atoms. The van der Waals surface area contributed by atoms with Crippen LogP contribution in [0.25, 0.3) is 17.0 Å². The van der Waals surface area contributed by atoms with Crippen LogP contribution in [0.2, 0.25) is 0 Å². The third-order valence-corrected chi connectivity index (χ3v) is 6.76. The summed E-state index contributed by atoms with van der Waals surface area (Å²) in [6, 6.07) is 16.3. The fourth-order valence-corrected chi connectivity index (χ4v) is 4.65. The highest BCUT2D eigenvalue weighted by atomic mass is 32.2. The van der Waals surface area contributed by atoms with Crippen molar-refractivity contribution in [2.75, 3.05) is 17.7 Å². The van der Waals surface area contributed by atoms with Gasteiger partial charge in [-0.2, -0.15) is 4.98 Å². The molecule has 0 aliphatic carbocycles. The van der Waals surface area contributed by atoms with Gasteiger partial charge >= 0.3 is 5.69 Å². The molecule has 1 aliphatic rings.